The maximum Gasteiger partial charge on any atom is 0.193 e. The van der Waals surface area contributed by atoms with Gasteiger partial charge in [-0.25, -0.2) is 4.39 Å². The van der Waals surface area contributed by atoms with Gasteiger partial charge in [-0.3, -0.25) is 4.99 Å². The van der Waals surface area contributed by atoms with Crippen molar-refractivity contribution in [3.05, 3.63) is 35.6 Å². The van der Waals surface area contributed by atoms with Crippen LogP contribution in [-0.4, -0.2) is 80.1 Å². The minimum absolute atomic E-state index is 0. The number of likely N-dealkylation sites (N-methyl/N-ethyl adjacent to an activating group) is 1. The van der Waals surface area contributed by atoms with Gasteiger partial charge in [-0.15, -0.1) is 24.0 Å². The van der Waals surface area contributed by atoms with Gasteiger partial charge in [-0.1, -0.05) is 26.0 Å². The molecule has 0 bridgehead atoms. The molecular weight excluding hydrogens is 468 g/mol. The largest absolute Gasteiger partial charge is 0.357 e. The number of guanidine groups is 1. The molecule has 2 rings (SSSR count). The van der Waals surface area contributed by atoms with Gasteiger partial charge in [-0.05, 0) is 37.1 Å². The van der Waals surface area contributed by atoms with Crippen molar-refractivity contribution < 1.29 is 4.39 Å². The van der Waals surface area contributed by atoms with Crippen LogP contribution >= 0.6 is 24.0 Å². The molecule has 0 amide bonds. The first-order chi connectivity index (χ1) is 13.0. The second-order valence-corrected chi connectivity index (χ2v) is 7.52. The summed E-state index contributed by atoms with van der Waals surface area (Å²) >= 11 is 0. The van der Waals surface area contributed by atoms with Crippen LogP contribution in [0, 0.1) is 11.7 Å². The van der Waals surface area contributed by atoms with E-state index in [9.17, 15) is 4.39 Å². The molecule has 1 aromatic rings. The quantitative estimate of drug-likeness (QED) is 0.335. The third-order valence-corrected chi connectivity index (χ3v) is 5.04. The summed E-state index contributed by atoms with van der Waals surface area (Å²) in [7, 11) is 2.00. The number of aliphatic imine (C=N–C) groups is 1. The first-order valence-electron chi connectivity index (χ1n) is 10.2. The molecule has 5 nitrogen and oxygen atoms in total. The minimum atomic E-state index is -0.195. The Morgan fingerprint density at radius 3 is 2.50 bits per heavy atom. The van der Waals surface area contributed by atoms with Gasteiger partial charge in [0, 0.05) is 59.4 Å². The fourth-order valence-corrected chi connectivity index (χ4v) is 3.48. The number of piperazine rings is 1. The van der Waals surface area contributed by atoms with E-state index < -0.39 is 0 Å². The van der Waals surface area contributed by atoms with Crippen LogP contribution in [0.4, 0.5) is 4.39 Å². The number of halogens is 2. The van der Waals surface area contributed by atoms with Crippen molar-refractivity contribution in [1.29, 1.82) is 0 Å². The number of benzene rings is 1. The molecule has 160 valence electrons. The van der Waals surface area contributed by atoms with Crippen LogP contribution in [-0.2, 0) is 6.54 Å². The van der Waals surface area contributed by atoms with Gasteiger partial charge in [0.25, 0.3) is 0 Å². The third kappa shape index (κ3) is 8.61. The summed E-state index contributed by atoms with van der Waals surface area (Å²) < 4.78 is 13.4. The lowest BCUT2D eigenvalue weighted by molar-refractivity contribution is 0.125. The zero-order chi connectivity index (χ0) is 19.6. The van der Waals surface area contributed by atoms with Gasteiger partial charge in [0.05, 0.1) is 0 Å². The molecule has 1 heterocycles. The normalized spacial score (nSPS) is 17.1. The Morgan fingerprint density at radius 1 is 1.21 bits per heavy atom. The summed E-state index contributed by atoms with van der Waals surface area (Å²) in [5.41, 5.74) is 0.949. The summed E-state index contributed by atoms with van der Waals surface area (Å²) in [5.74, 6) is 1.19. The summed E-state index contributed by atoms with van der Waals surface area (Å²) in [6, 6.07) is 6.76. The SMILES string of the molecule is CCNC(=NCC(C)CN1CCN(CC)CC1)N(C)Cc1cccc(F)c1.I. The molecule has 1 unspecified atom stereocenters. The maximum absolute atomic E-state index is 13.4. The van der Waals surface area contributed by atoms with Gasteiger partial charge >= 0.3 is 0 Å². The molecule has 1 atom stereocenters. The van der Waals surface area contributed by atoms with Gasteiger partial charge < -0.3 is 20.0 Å². The lowest BCUT2D eigenvalue weighted by atomic mass is 10.1. The van der Waals surface area contributed by atoms with Crippen LogP contribution in [0.2, 0.25) is 0 Å². The van der Waals surface area contributed by atoms with Gasteiger partial charge in [0.2, 0.25) is 0 Å². The highest BCUT2D eigenvalue weighted by Gasteiger charge is 2.17. The molecule has 0 aliphatic carbocycles. The molecule has 1 aromatic carbocycles. The molecule has 1 N–H and O–H groups in total. The average molecular weight is 505 g/mol. The molecule has 1 saturated heterocycles. The van der Waals surface area contributed by atoms with Gasteiger partial charge in [0.1, 0.15) is 5.82 Å². The first kappa shape index (κ1) is 25.1. The Labute approximate surface area is 187 Å². The highest BCUT2D eigenvalue weighted by Crippen LogP contribution is 2.08. The molecule has 1 fully saturated rings. The van der Waals surface area contributed by atoms with E-state index in [-0.39, 0.29) is 29.8 Å². The number of nitrogens with one attached hydrogen (secondary N) is 1. The van der Waals surface area contributed by atoms with Crippen LogP contribution in [0.3, 0.4) is 0 Å². The molecule has 1 aliphatic heterocycles. The van der Waals surface area contributed by atoms with E-state index in [1.165, 1.54) is 19.2 Å². The van der Waals surface area contributed by atoms with E-state index in [0.29, 0.717) is 12.5 Å². The predicted octanol–water partition coefficient (Wildman–Crippen LogP) is 3.11. The third-order valence-electron chi connectivity index (χ3n) is 5.04. The monoisotopic (exact) mass is 505 g/mol. The fourth-order valence-electron chi connectivity index (χ4n) is 3.48. The second kappa shape index (κ2) is 13.3. The Bertz CT molecular complexity index is 590. The Kier molecular flexibility index (Phi) is 11.9. The number of nitrogens with zero attached hydrogens (tertiary/aromatic N) is 4. The summed E-state index contributed by atoms with van der Waals surface area (Å²) in [6.45, 7) is 15.7. The van der Waals surface area contributed by atoms with Crippen molar-refractivity contribution in [3.63, 3.8) is 0 Å². The van der Waals surface area contributed by atoms with Crippen molar-refractivity contribution in [2.75, 3.05) is 59.4 Å². The van der Waals surface area contributed by atoms with E-state index in [4.69, 9.17) is 4.99 Å². The Morgan fingerprint density at radius 2 is 1.89 bits per heavy atom. The smallest absolute Gasteiger partial charge is 0.193 e. The lowest BCUT2D eigenvalue weighted by Crippen LogP contribution is -2.47. The van der Waals surface area contributed by atoms with E-state index in [1.807, 2.05) is 13.1 Å². The lowest BCUT2D eigenvalue weighted by Gasteiger charge is -2.35. The maximum atomic E-state index is 13.4. The van der Waals surface area contributed by atoms with E-state index in [2.05, 4.69) is 40.8 Å². The molecule has 0 spiro atoms. The summed E-state index contributed by atoms with van der Waals surface area (Å²) in [4.78, 5) is 11.9. The number of hydrogen-bond acceptors (Lipinski definition) is 3. The van der Waals surface area contributed by atoms with Gasteiger partial charge in [0.15, 0.2) is 5.96 Å². The van der Waals surface area contributed by atoms with Crippen LogP contribution in [0.15, 0.2) is 29.3 Å². The molecular formula is C21H37FIN5. The zero-order valence-electron chi connectivity index (χ0n) is 17.8. The predicted molar refractivity (Wildman–Crippen MR) is 127 cm³/mol. The molecule has 1 aliphatic rings. The van der Waals surface area contributed by atoms with Crippen molar-refractivity contribution in [2.45, 2.75) is 27.3 Å². The summed E-state index contributed by atoms with van der Waals surface area (Å²) in [5, 5.41) is 3.35. The second-order valence-electron chi connectivity index (χ2n) is 7.52. The van der Waals surface area contributed by atoms with Crippen LogP contribution in [0.1, 0.15) is 26.3 Å². The van der Waals surface area contributed by atoms with Crippen molar-refractivity contribution in [1.82, 2.24) is 20.0 Å². The topological polar surface area (TPSA) is 34.1 Å². The Hall–Kier alpha value is -0.930. The Balaban J connectivity index is 0.00000392. The highest BCUT2D eigenvalue weighted by molar-refractivity contribution is 14.0. The van der Waals surface area contributed by atoms with E-state index >= 15 is 0 Å². The van der Waals surface area contributed by atoms with Gasteiger partial charge in [-0.2, -0.15) is 0 Å². The fraction of sp³-hybridized carbons (Fsp3) is 0.667. The number of rotatable bonds is 8. The molecule has 0 radical (unpaired) electrons. The minimum Gasteiger partial charge on any atom is -0.357 e. The van der Waals surface area contributed by atoms with Crippen LogP contribution < -0.4 is 5.32 Å². The summed E-state index contributed by atoms with van der Waals surface area (Å²) in [6.07, 6.45) is 0. The van der Waals surface area contributed by atoms with Crippen molar-refractivity contribution >= 4 is 29.9 Å². The average Bonchev–Trinajstić information content (AvgIpc) is 2.65. The van der Waals surface area contributed by atoms with Crippen LogP contribution in [0.5, 0.6) is 0 Å². The van der Waals surface area contributed by atoms with Crippen molar-refractivity contribution in [3.8, 4) is 0 Å². The van der Waals surface area contributed by atoms with E-state index in [1.54, 1.807) is 12.1 Å². The zero-order valence-corrected chi connectivity index (χ0v) is 20.2. The number of hydrogen-bond donors (Lipinski definition) is 1. The first-order valence-corrected chi connectivity index (χ1v) is 10.2. The van der Waals surface area contributed by atoms with Crippen molar-refractivity contribution in [2.24, 2.45) is 10.9 Å². The molecule has 7 heteroatoms. The molecule has 28 heavy (non-hydrogen) atoms. The van der Waals surface area contributed by atoms with Crippen LogP contribution in [0.25, 0.3) is 0 Å². The molecule has 0 saturated carbocycles. The van der Waals surface area contributed by atoms with E-state index in [0.717, 1.165) is 50.8 Å². The molecule has 0 aromatic heterocycles. The standard InChI is InChI=1S/C21H36FN5.HI/c1-5-23-21(25(4)17-19-8-7-9-20(22)14-19)24-15-18(3)16-27-12-10-26(6-2)11-13-27;/h7-9,14,18H,5-6,10-13,15-17H2,1-4H3,(H,23,24);1H. The highest BCUT2D eigenvalue weighted by atomic mass is 127.